The van der Waals surface area contributed by atoms with Crippen LogP contribution in [-0.2, 0) is 11.3 Å². The van der Waals surface area contributed by atoms with Gasteiger partial charge >= 0.3 is 0 Å². The Morgan fingerprint density at radius 1 is 1.44 bits per heavy atom. The molecule has 0 radical (unpaired) electrons. The Hall–Kier alpha value is -1.42. The number of hydrogen-bond acceptors (Lipinski definition) is 2. The molecule has 1 N–H and O–H groups in total. The highest BCUT2D eigenvalue weighted by Gasteiger charge is 2.23. The first kappa shape index (κ1) is 13.0. The van der Waals surface area contributed by atoms with E-state index >= 15 is 0 Å². The second kappa shape index (κ2) is 5.96. The molecule has 1 saturated heterocycles. The largest absolute Gasteiger partial charge is 0.351 e. The summed E-state index contributed by atoms with van der Waals surface area (Å²) in [5.41, 5.74) is 2.29. The molecule has 1 atom stereocenters. The Kier molecular flexibility index (Phi) is 4.31. The highest BCUT2D eigenvalue weighted by atomic mass is 19.1. The van der Waals surface area contributed by atoms with Crippen molar-refractivity contribution in [2.45, 2.75) is 26.1 Å². The second-order valence-corrected chi connectivity index (χ2v) is 4.88. The molecule has 1 aromatic carbocycles. The van der Waals surface area contributed by atoms with Gasteiger partial charge in [-0.05, 0) is 18.9 Å². The summed E-state index contributed by atoms with van der Waals surface area (Å²) >= 11 is 0. The number of rotatable bonds is 4. The van der Waals surface area contributed by atoms with Crippen molar-refractivity contribution in [2.75, 3.05) is 19.6 Å². The second-order valence-electron chi connectivity index (χ2n) is 4.88. The number of alkyl halides is 1. The Bertz CT molecular complexity index is 405. The van der Waals surface area contributed by atoms with Crippen molar-refractivity contribution in [1.29, 1.82) is 0 Å². The fourth-order valence-corrected chi connectivity index (χ4v) is 2.09. The summed E-state index contributed by atoms with van der Waals surface area (Å²) in [5.74, 6) is -0.0373. The molecule has 1 aliphatic heterocycles. The lowest BCUT2D eigenvalue weighted by atomic mass is 10.1. The molecule has 3 nitrogen and oxygen atoms in total. The number of carbonyl (C=O) groups is 1. The molecule has 2 rings (SSSR count). The van der Waals surface area contributed by atoms with Gasteiger partial charge in [0.25, 0.3) is 0 Å². The molecule has 0 spiro atoms. The summed E-state index contributed by atoms with van der Waals surface area (Å²) < 4.78 is 12.9. The minimum atomic E-state index is -0.769. The van der Waals surface area contributed by atoms with E-state index in [4.69, 9.17) is 0 Å². The molecule has 1 unspecified atom stereocenters. The van der Waals surface area contributed by atoms with Crippen LogP contribution in [0.1, 0.15) is 17.5 Å². The van der Waals surface area contributed by atoms with Gasteiger partial charge in [0.15, 0.2) is 0 Å². The number of nitrogens with zero attached hydrogens (tertiary/aromatic N) is 1. The Morgan fingerprint density at radius 3 is 2.78 bits per heavy atom. The lowest BCUT2D eigenvalue weighted by Gasteiger charge is -2.14. The summed E-state index contributed by atoms with van der Waals surface area (Å²) in [7, 11) is 0. The molecular weight excluding hydrogens is 231 g/mol. The summed E-state index contributed by atoms with van der Waals surface area (Å²) in [6.07, 6.45) is -0.222. The van der Waals surface area contributed by atoms with E-state index in [0.717, 1.165) is 5.56 Å². The molecule has 98 valence electrons. The van der Waals surface area contributed by atoms with Gasteiger partial charge in [-0.2, -0.15) is 0 Å². The Morgan fingerprint density at radius 2 is 2.17 bits per heavy atom. The first-order chi connectivity index (χ1) is 8.63. The molecule has 0 bridgehead atoms. The van der Waals surface area contributed by atoms with Gasteiger partial charge < -0.3 is 5.32 Å². The van der Waals surface area contributed by atoms with Gasteiger partial charge in [0, 0.05) is 19.6 Å². The molecular formula is C14H19FN2O. The van der Waals surface area contributed by atoms with Crippen LogP contribution in [0.15, 0.2) is 24.3 Å². The van der Waals surface area contributed by atoms with Crippen molar-refractivity contribution in [1.82, 2.24) is 10.2 Å². The van der Waals surface area contributed by atoms with E-state index in [2.05, 4.69) is 5.32 Å². The van der Waals surface area contributed by atoms with E-state index in [1.54, 1.807) is 0 Å². The number of likely N-dealkylation sites (tertiary alicyclic amines) is 1. The van der Waals surface area contributed by atoms with Crippen molar-refractivity contribution in [3.63, 3.8) is 0 Å². The molecule has 1 aromatic rings. The zero-order valence-corrected chi connectivity index (χ0v) is 10.7. The van der Waals surface area contributed by atoms with Crippen molar-refractivity contribution < 1.29 is 9.18 Å². The average molecular weight is 250 g/mol. The van der Waals surface area contributed by atoms with E-state index in [9.17, 15) is 9.18 Å². The molecule has 1 amide bonds. The number of benzene rings is 1. The zero-order chi connectivity index (χ0) is 13.0. The number of hydrogen-bond donors (Lipinski definition) is 1. The van der Waals surface area contributed by atoms with Crippen molar-refractivity contribution in [2.24, 2.45) is 0 Å². The van der Waals surface area contributed by atoms with Gasteiger partial charge in [-0.3, -0.25) is 9.69 Å². The van der Waals surface area contributed by atoms with E-state index in [-0.39, 0.29) is 5.91 Å². The highest BCUT2D eigenvalue weighted by Crippen LogP contribution is 2.11. The number of nitrogens with one attached hydrogen (secondary N) is 1. The third-order valence-corrected chi connectivity index (χ3v) is 3.19. The van der Waals surface area contributed by atoms with Gasteiger partial charge in [0.1, 0.15) is 6.17 Å². The number of carbonyl (C=O) groups excluding carboxylic acids is 1. The van der Waals surface area contributed by atoms with E-state index in [1.807, 2.05) is 36.1 Å². The maximum absolute atomic E-state index is 12.9. The van der Waals surface area contributed by atoms with Crippen LogP contribution in [0.5, 0.6) is 0 Å². The van der Waals surface area contributed by atoms with Gasteiger partial charge in [-0.1, -0.05) is 29.8 Å². The van der Waals surface area contributed by atoms with E-state index in [0.29, 0.717) is 32.6 Å². The first-order valence-corrected chi connectivity index (χ1v) is 6.32. The number of aryl methyl sites for hydroxylation is 1. The first-order valence-electron chi connectivity index (χ1n) is 6.32. The Labute approximate surface area is 107 Å². The van der Waals surface area contributed by atoms with Crippen LogP contribution in [0.2, 0.25) is 0 Å². The van der Waals surface area contributed by atoms with Crippen LogP contribution < -0.4 is 5.32 Å². The zero-order valence-electron chi connectivity index (χ0n) is 10.7. The third kappa shape index (κ3) is 3.81. The topological polar surface area (TPSA) is 32.3 Å². The fourth-order valence-electron chi connectivity index (χ4n) is 2.09. The predicted molar refractivity (Wildman–Crippen MR) is 69.0 cm³/mol. The highest BCUT2D eigenvalue weighted by molar-refractivity contribution is 5.78. The lowest BCUT2D eigenvalue weighted by Crippen LogP contribution is -2.35. The van der Waals surface area contributed by atoms with E-state index < -0.39 is 6.17 Å². The molecule has 1 aliphatic rings. The Balaban J connectivity index is 1.73. The minimum Gasteiger partial charge on any atom is -0.351 e. The molecule has 1 heterocycles. The summed E-state index contributed by atoms with van der Waals surface area (Å²) in [5, 5.41) is 2.86. The molecule has 0 aliphatic carbocycles. The van der Waals surface area contributed by atoms with Crippen molar-refractivity contribution in [3.05, 3.63) is 35.4 Å². The summed E-state index contributed by atoms with van der Waals surface area (Å²) in [4.78, 5) is 13.5. The number of halogens is 1. The van der Waals surface area contributed by atoms with Gasteiger partial charge in [-0.25, -0.2) is 4.39 Å². The van der Waals surface area contributed by atoms with E-state index in [1.165, 1.54) is 5.56 Å². The van der Waals surface area contributed by atoms with Crippen molar-refractivity contribution >= 4 is 5.91 Å². The molecule has 1 fully saturated rings. The summed E-state index contributed by atoms with van der Waals surface area (Å²) in [6.45, 7) is 3.93. The van der Waals surface area contributed by atoms with Crippen LogP contribution in [0.3, 0.4) is 0 Å². The van der Waals surface area contributed by atoms with Crippen LogP contribution in [-0.4, -0.2) is 36.6 Å². The standard InChI is InChI=1S/C14H19FN2O/c1-11-2-4-12(5-3-11)8-16-14(18)10-17-7-6-13(15)9-17/h2-5,13H,6-10H2,1H3,(H,16,18). The molecule has 0 saturated carbocycles. The molecule has 4 heteroatoms. The van der Waals surface area contributed by atoms with Gasteiger partial charge in [0.2, 0.25) is 5.91 Å². The molecule has 18 heavy (non-hydrogen) atoms. The smallest absolute Gasteiger partial charge is 0.234 e. The summed E-state index contributed by atoms with van der Waals surface area (Å²) in [6, 6.07) is 8.05. The third-order valence-electron chi connectivity index (χ3n) is 3.19. The normalized spacial score (nSPS) is 20.0. The predicted octanol–water partition coefficient (Wildman–Crippen LogP) is 1.66. The van der Waals surface area contributed by atoms with Gasteiger partial charge in [0.05, 0.1) is 6.54 Å². The van der Waals surface area contributed by atoms with Crippen LogP contribution >= 0.6 is 0 Å². The molecule has 0 aromatic heterocycles. The maximum atomic E-state index is 12.9. The quantitative estimate of drug-likeness (QED) is 0.881. The van der Waals surface area contributed by atoms with Crippen LogP contribution in [0.4, 0.5) is 4.39 Å². The van der Waals surface area contributed by atoms with Crippen molar-refractivity contribution in [3.8, 4) is 0 Å². The maximum Gasteiger partial charge on any atom is 0.234 e. The number of amides is 1. The minimum absolute atomic E-state index is 0.0373. The average Bonchev–Trinajstić information content (AvgIpc) is 2.74. The van der Waals surface area contributed by atoms with Crippen LogP contribution in [0.25, 0.3) is 0 Å². The monoisotopic (exact) mass is 250 g/mol. The van der Waals surface area contributed by atoms with Gasteiger partial charge in [-0.15, -0.1) is 0 Å². The SMILES string of the molecule is Cc1ccc(CNC(=O)CN2CCC(F)C2)cc1. The van der Waals surface area contributed by atoms with Crippen LogP contribution in [0, 0.1) is 6.92 Å². The lowest BCUT2D eigenvalue weighted by molar-refractivity contribution is -0.122. The fraction of sp³-hybridized carbons (Fsp3) is 0.500.